The predicted molar refractivity (Wildman–Crippen MR) is 141 cm³/mol. The Kier molecular flexibility index (Phi) is 5.56. The van der Waals surface area contributed by atoms with Gasteiger partial charge in [0.25, 0.3) is 5.91 Å². The molecule has 0 aliphatic heterocycles. The molecule has 0 bridgehead atoms. The molecule has 10 heteroatoms. The number of anilines is 1. The Labute approximate surface area is 218 Å². The highest BCUT2D eigenvalue weighted by Gasteiger charge is 2.34. The molecule has 0 radical (unpaired) electrons. The average molecular weight is 509 g/mol. The quantitative estimate of drug-likeness (QED) is 0.373. The van der Waals surface area contributed by atoms with E-state index in [0.29, 0.717) is 27.5 Å². The fraction of sp³-hybridized carbons (Fsp3) is 0.250. The van der Waals surface area contributed by atoms with Gasteiger partial charge in [-0.3, -0.25) is 19.1 Å². The minimum atomic E-state index is -0.633. The number of aromatic nitrogens is 6. The van der Waals surface area contributed by atoms with Gasteiger partial charge in [-0.25, -0.2) is 9.37 Å². The van der Waals surface area contributed by atoms with Gasteiger partial charge in [0.05, 0.1) is 51.7 Å². The number of hydrogen-bond donors (Lipinski definition) is 1. The van der Waals surface area contributed by atoms with Crippen LogP contribution in [0.4, 0.5) is 10.2 Å². The first-order chi connectivity index (χ1) is 18.3. The first-order valence-corrected chi connectivity index (χ1v) is 12.3. The summed E-state index contributed by atoms with van der Waals surface area (Å²) < 4.78 is 18.6. The second kappa shape index (κ2) is 8.95. The fourth-order valence-corrected chi connectivity index (χ4v) is 4.68. The lowest BCUT2D eigenvalue weighted by Crippen LogP contribution is -2.33. The topological polar surface area (TPSA) is 108 Å². The molecule has 0 saturated heterocycles. The Hall–Kier alpha value is -4.78. The van der Waals surface area contributed by atoms with Gasteiger partial charge in [-0.1, -0.05) is 11.8 Å². The van der Waals surface area contributed by atoms with E-state index in [1.54, 1.807) is 39.8 Å². The summed E-state index contributed by atoms with van der Waals surface area (Å²) in [5.41, 5.74) is 10.3. The van der Waals surface area contributed by atoms with Crippen LogP contribution in [-0.2, 0) is 20.6 Å². The normalized spacial score (nSPS) is 13.1. The number of aryl methyl sites for hydroxylation is 3. The van der Waals surface area contributed by atoms with Gasteiger partial charge in [0.1, 0.15) is 11.6 Å². The molecule has 2 N–H and O–H groups in total. The van der Waals surface area contributed by atoms with Gasteiger partial charge in [0.15, 0.2) is 0 Å². The lowest BCUT2D eigenvalue weighted by atomic mass is 10.1. The van der Waals surface area contributed by atoms with Crippen molar-refractivity contribution in [3.05, 3.63) is 76.8 Å². The number of carbonyl (C=O) groups is 1. The average Bonchev–Trinajstić information content (AvgIpc) is 3.58. The van der Waals surface area contributed by atoms with E-state index in [1.165, 1.54) is 6.07 Å². The standard InChI is InChI=1S/C28H25FN8O/c1-16-18(14-35(2)34-16)6-4-17-5-7-19(31-12-17)15-37(20-8-9-20)28(38)21-10-22-25(11-24(21)29)33-27(30)23-13-32-36(3)26(22)23/h5,7,10-14,20H,8-9,15H2,1-3H3,(H2,30,33). The molecular weight excluding hydrogens is 483 g/mol. The lowest BCUT2D eigenvalue weighted by Gasteiger charge is -2.22. The first-order valence-electron chi connectivity index (χ1n) is 12.3. The maximum atomic E-state index is 15.2. The second-order valence-electron chi connectivity index (χ2n) is 9.63. The van der Waals surface area contributed by atoms with E-state index in [2.05, 4.69) is 32.0 Å². The molecule has 9 nitrogen and oxygen atoms in total. The SMILES string of the molecule is Cc1nn(C)cc1C#Cc1ccc(CN(C(=O)c2cc3c(cc2F)nc(N)c2cnn(C)c23)C2CC2)nc1. The van der Waals surface area contributed by atoms with E-state index < -0.39 is 5.82 Å². The van der Waals surface area contributed by atoms with E-state index in [0.717, 1.165) is 29.7 Å². The van der Waals surface area contributed by atoms with Crippen LogP contribution in [0, 0.1) is 24.6 Å². The zero-order valence-electron chi connectivity index (χ0n) is 21.2. The number of carbonyl (C=O) groups excluding carboxylic acids is 1. The van der Waals surface area contributed by atoms with Crippen molar-refractivity contribution in [2.24, 2.45) is 14.1 Å². The summed E-state index contributed by atoms with van der Waals surface area (Å²) in [5, 5.41) is 9.85. The monoisotopic (exact) mass is 508 g/mol. The maximum absolute atomic E-state index is 15.2. The molecule has 1 aromatic carbocycles. The molecule has 6 rings (SSSR count). The van der Waals surface area contributed by atoms with Crippen molar-refractivity contribution >= 4 is 33.5 Å². The summed E-state index contributed by atoms with van der Waals surface area (Å²) in [6.07, 6.45) is 6.93. The number of pyridine rings is 2. The molecule has 0 atom stereocenters. The molecule has 1 fully saturated rings. The Bertz CT molecular complexity index is 1790. The summed E-state index contributed by atoms with van der Waals surface area (Å²) in [7, 11) is 3.64. The predicted octanol–water partition coefficient (Wildman–Crippen LogP) is 3.48. The van der Waals surface area contributed by atoms with Crippen LogP contribution in [0.1, 0.15) is 45.7 Å². The Balaban J connectivity index is 1.29. The van der Waals surface area contributed by atoms with Crippen LogP contribution < -0.4 is 5.73 Å². The van der Waals surface area contributed by atoms with Crippen LogP contribution in [0.3, 0.4) is 0 Å². The third-order valence-corrected chi connectivity index (χ3v) is 6.79. The van der Waals surface area contributed by atoms with Gasteiger partial charge in [0, 0.05) is 49.5 Å². The highest BCUT2D eigenvalue weighted by atomic mass is 19.1. The number of halogens is 1. The van der Waals surface area contributed by atoms with Crippen LogP contribution in [0.15, 0.2) is 42.9 Å². The van der Waals surface area contributed by atoms with Gasteiger partial charge in [0.2, 0.25) is 0 Å². The van der Waals surface area contributed by atoms with Gasteiger partial charge in [-0.15, -0.1) is 0 Å². The molecule has 4 aromatic heterocycles. The molecule has 1 aliphatic rings. The van der Waals surface area contributed by atoms with Crippen LogP contribution in [-0.4, -0.2) is 46.4 Å². The number of benzene rings is 1. The first kappa shape index (κ1) is 23.6. The van der Waals surface area contributed by atoms with Crippen LogP contribution in [0.25, 0.3) is 21.8 Å². The Morgan fingerprint density at radius 2 is 2.00 bits per heavy atom. The lowest BCUT2D eigenvalue weighted by molar-refractivity contribution is 0.0723. The zero-order valence-corrected chi connectivity index (χ0v) is 21.2. The Morgan fingerprint density at radius 3 is 2.68 bits per heavy atom. The van der Waals surface area contributed by atoms with Crippen molar-refractivity contribution in [1.29, 1.82) is 0 Å². The van der Waals surface area contributed by atoms with Crippen molar-refractivity contribution in [2.45, 2.75) is 32.4 Å². The van der Waals surface area contributed by atoms with Crippen molar-refractivity contribution in [3.8, 4) is 11.8 Å². The van der Waals surface area contributed by atoms with Gasteiger partial charge >= 0.3 is 0 Å². The number of nitrogens with two attached hydrogens (primary N) is 1. The van der Waals surface area contributed by atoms with Gasteiger partial charge < -0.3 is 10.6 Å². The number of amides is 1. The maximum Gasteiger partial charge on any atom is 0.257 e. The molecule has 1 aliphatic carbocycles. The minimum Gasteiger partial charge on any atom is -0.383 e. The van der Waals surface area contributed by atoms with Crippen molar-refractivity contribution < 1.29 is 9.18 Å². The number of fused-ring (bicyclic) bond motifs is 3. The van der Waals surface area contributed by atoms with Crippen LogP contribution in [0.2, 0.25) is 0 Å². The number of rotatable bonds is 4. The molecule has 5 aromatic rings. The molecule has 4 heterocycles. The van der Waals surface area contributed by atoms with E-state index in [4.69, 9.17) is 5.73 Å². The van der Waals surface area contributed by atoms with E-state index in [9.17, 15) is 4.79 Å². The molecular formula is C28H25FN8O. The molecule has 1 amide bonds. The zero-order chi connectivity index (χ0) is 26.6. The highest BCUT2D eigenvalue weighted by molar-refractivity contribution is 6.10. The number of hydrogen-bond acceptors (Lipinski definition) is 6. The number of nitrogens with zero attached hydrogens (tertiary/aromatic N) is 7. The molecule has 38 heavy (non-hydrogen) atoms. The summed E-state index contributed by atoms with van der Waals surface area (Å²) in [5.74, 6) is 5.49. The van der Waals surface area contributed by atoms with E-state index in [1.807, 2.05) is 32.3 Å². The number of nitrogen functional groups attached to an aromatic ring is 1. The Morgan fingerprint density at radius 1 is 1.18 bits per heavy atom. The smallest absolute Gasteiger partial charge is 0.257 e. The molecule has 190 valence electrons. The summed E-state index contributed by atoms with van der Waals surface area (Å²) in [6, 6.07) is 6.61. The molecule has 1 saturated carbocycles. The van der Waals surface area contributed by atoms with E-state index in [-0.39, 0.29) is 29.9 Å². The minimum absolute atomic E-state index is 0.00667. The largest absolute Gasteiger partial charge is 0.383 e. The van der Waals surface area contributed by atoms with Crippen molar-refractivity contribution in [3.63, 3.8) is 0 Å². The highest BCUT2D eigenvalue weighted by Crippen LogP contribution is 2.33. The van der Waals surface area contributed by atoms with Crippen molar-refractivity contribution in [2.75, 3.05) is 5.73 Å². The van der Waals surface area contributed by atoms with Crippen LogP contribution in [0.5, 0.6) is 0 Å². The summed E-state index contributed by atoms with van der Waals surface area (Å²) in [6.45, 7) is 2.19. The van der Waals surface area contributed by atoms with Crippen LogP contribution >= 0.6 is 0 Å². The fourth-order valence-electron chi connectivity index (χ4n) is 4.68. The summed E-state index contributed by atoms with van der Waals surface area (Å²) in [4.78, 5) is 24.2. The molecule has 0 spiro atoms. The molecule has 0 unspecified atom stereocenters. The van der Waals surface area contributed by atoms with E-state index >= 15 is 4.39 Å². The van der Waals surface area contributed by atoms with Gasteiger partial charge in [-0.2, -0.15) is 10.2 Å². The third-order valence-electron chi connectivity index (χ3n) is 6.79. The third kappa shape index (κ3) is 4.22. The van der Waals surface area contributed by atoms with Gasteiger partial charge in [-0.05, 0) is 38.0 Å². The summed E-state index contributed by atoms with van der Waals surface area (Å²) >= 11 is 0. The van der Waals surface area contributed by atoms with Crippen molar-refractivity contribution in [1.82, 2.24) is 34.4 Å². The second-order valence-corrected chi connectivity index (χ2v) is 9.63.